The fourth-order valence-corrected chi connectivity index (χ4v) is 3.98. The molecule has 1 saturated carbocycles. The predicted octanol–water partition coefficient (Wildman–Crippen LogP) is -1.37. The molecule has 18 heavy (non-hydrogen) atoms. The number of nitrogens with zero attached hydrogens (tertiary/aromatic N) is 2. The summed E-state index contributed by atoms with van der Waals surface area (Å²) in [5.41, 5.74) is -1.53. The number of carbonyl (C=O) groups is 4. The molecular weight excluding hydrogens is 236 g/mol. The van der Waals surface area contributed by atoms with Crippen LogP contribution in [0.4, 0.5) is 0 Å². The summed E-state index contributed by atoms with van der Waals surface area (Å²) in [6.07, 6.45) is 3.46. The van der Waals surface area contributed by atoms with E-state index in [-0.39, 0.29) is 24.9 Å². The van der Waals surface area contributed by atoms with Gasteiger partial charge in [0.25, 0.3) is 0 Å². The molecule has 0 aromatic heterocycles. The van der Waals surface area contributed by atoms with Gasteiger partial charge in [-0.1, -0.05) is 0 Å². The number of piperazine rings is 1. The third-order valence-electron chi connectivity index (χ3n) is 4.77. The van der Waals surface area contributed by atoms with Gasteiger partial charge in [0.1, 0.15) is 24.5 Å². The average molecular weight is 250 g/mol. The van der Waals surface area contributed by atoms with E-state index in [1.54, 1.807) is 0 Å². The second-order valence-corrected chi connectivity index (χ2v) is 5.24. The summed E-state index contributed by atoms with van der Waals surface area (Å²) in [6.45, 7) is 1.34. The van der Waals surface area contributed by atoms with Gasteiger partial charge in [0, 0.05) is 38.0 Å². The quantitative estimate of drug-likeness (QED) is 0.541. The number of rotatable bonds is 6. The van der Waals surface area contributed by atoms with E-state index in [2.05, 4.69) is 0 Å². The SMILES string of the molecule is O=CCC1(C=O)C2C1N1CCN2C1(C=O)CC=O. The smallest absolute Gasteiger partial charge is 0.155 e. The Hall–Kier alpha value is -1.40. The Morgan fingerprint density at radius 3 is 1.83 bits per heavy atom. The van der Waals surface area contributed by atoms with Crippen molar-refractivity contribution >= 4 is 25.1 Å². The molecule has 4 unspecified atom stereocenters. The number of carbonyl (C=O) groups excluding carboxylic acids is 4. The molecule has 2 saturated heterocycles. The average Bonchev–Trinajstić information content (AvgIpc) is 2.80. The topological polar surface area (TPSA) is 74.8 Å². The van der Waals surface area contributed by atoms with E-state index >= 15 is 0 Å². The zero-order valence-corrected chi connectivity index (χ0v) is 9.82. The van der Waals surface area contributed by atoms with Crippen LogP contribution in [-0.2, 0) is 19.2 Å². The molecule has 0 amide bonds. The molecule has 96 valence electrons. The van der Waals surface area contributed by atoms with E-state index in [1.807, 2.05) is 9.80 Å². The molecule has 0 spiro atoms. The van der Waals surface area contributed by atoms with Gasteiger partial charge in [-0.2, -0.15) is 0 Å². The van der Waals surface area contributed by atoms with Crippen LogP contribution in [0.2, 0.25) is 0 Å². The molecule has 3 aliphatic rings. The van der Waals surface area contributed by atoms with Crippen LogP contribution < -0.4 is 0 Å². The van der Waals surface area contributed by atoms with Crippen molar-refractivity contribution in [1.82, 2.24) is 9.80 Å². The molecule has 1 aliphatic carbocycles. The maximum Gasteiger partial charge on any atom is 0.155 e. The van der Waals surface area contributed by atoms with Gasteiger partial charge >= 0.3 is 0 Å². The highest BCUT2D eigenvalue weighted by Gasteiger charge is 2.80. The van der Waals surface area contributed by atoms with Gasteiger partial charge in [-0.25, -0.2) is 0 Å². The van der Waals surface area contributed by atoms with E-state index in [9.17, 15) is 19.2 Å². The van der Waals surface area contributed by atoms with Gasteiger partial charge in [0.2, 0.25) is 0 Å². The molecule has 0 radical (unpaired) electrons. The minimum atomic E-state index is -0.869. The molecule has 2 heterocycles. The van der Waals surface area contributed by atoms with Gasteiger partial charge in [-0.05, 0) is 0 Å². The Bertz CT molecular complexity index is 418. The molecule has 2 aliphatic heterocycles. The first kappa shape index (κ1) is 11.7. The van der Waals surface area contributed by atoms with Gasteiger partial charge in [0.15, 0.2) is 6.29 Å². The van der Waals surface area contributed by atoms with E-state index in [4.69, 9.17) is 0 Å². The van der Waals surface area contributed by atoms with Crippen molar-refractivity contribution < 1.29 is 19.2 Å². The predicted molar refractivity (Wildman–Crippen MR) is 59.6 cm³/mol. The van der Waals surface area contributed by atoms with E-state index < -0.39 is 11.1 Å². The minimum absolute atomic E-state index is 0.0842. The molecule has 6 heteroatoms. The lowest BCUT2D eigenvalue weighted by molar-refractivity contribution is -0.131. The van der Waals surface area contributed by atoms with Crippen LogP contribution in [0.1, 0.15) is 12.8 Å². The Balaban J connectivity index is 1.95. The summed E-state index contributed by atoms with van der Waals surface area (Å²) in [7, 11) is 0. The minimum Gasteiger partial charge on any atom is -0.303 e. The van der Waals surface area contributed by atoms with E-state index in [1.165, 1.54) is 0 Å². The van der Waals surface area contributed by atoms with Crippen LogP contribution in [0.3, 0.4) is 0 Å². The van der Waals surface area contributed by atoms with Crippen molar-refractivity contribution in [3.8, 4) is 0 Å². The van der Waals surface area contributed by atoms with Crippen LogP contribution >= 0.6 is 0 Å². The summed E-state index contributed by atoms with van der Waals surface area (Å²) < 4.78 is 0. The molecule has 3 fully saturated rings. The van der Waals surface area contributed by atoms with Crippen molar-refractivity contribution in [2.24, 2.45) is 5.41 Å². The number of fused-ring (bicyclic) bond motifs is 5. The Morgan fingerprint density at radius 2 is 1.44 bits per heavy atom. The van der Waals surface area contributed by atoms with Gasteiger partial charge in [-0.3, -0.25) is 14.6 Å². The molecule has 0 aromatic carbocycles. The van der Waals surface area contributed by atoms with E-state index in [0.29, 0.717) is 13.1 Å². The first-order valence-corrected chi connectivity index (χ1v) is 6.05. The van der Waals surface area contributed by atoms with Crippen LogP contribution in [0.25, 0.3) is 0 Å². The first-order valence-electron chi connectivity index (χ1n) is 6.05. The lowest BCUT2D eigenvalue weighted by Crippen LogP contribution is -2.54. The third-order valence-corrected chi connectivity index (χ3v) is 4.77. The highest BCUT2D eigenvalue weighted by atomic mass is 16.1. The summed E-state index contributed by atoms with van der Waals surface area (Å²) in [5, 5.41) is 0. The standard InChI is InChI=1S/C12H14N2O4/c15-5-1-11(7-17)9-10(11)14-4-3-13(9)12(14,8-18)2-6-16/h5-10H,1-4H2. The largest absolute Gasteiger partial charge is 0.303 e. The highest BCUT2D eigenvalue weighted by molar-refractivity contribution is 5.80. The summed E-state index contributed by atoms with van der Waals surface area (Å²) in [6, 6.07) is -0.168. The van der Waals surface area contributed by atoms with Crippen molar-refractivity contribution in [1.29, 1.82) is 0 Å². The summed E-state index contributed by atoms with van der Waals surface area (Å²) in [4.78, 5) is 48.1. The lowest BCUT2D eigenvalue weighted by atomic mass is 9.98. The first-order chi connectivity index (χ1) is 8.71. The van der Waals surface area contributed by atoms with Crippen LogP contribution in [0.5, 0.6) is 0 Å². The maximum atomic E-state index is 11.4. The highest BCUT2D eigenvalue weighted by Crippen LogP contribution is 2.64. The van der Waals surface area contributed by atoms with Crippen LogP contribution in [0, 0.1) is 5.41 Å². The van der Waals surface area contributed by atoms with Crippen LogP contribution in [0.15, 0.2) is 0 Å². The molecular formula is C12H14N2O4. The second-order valence-electron chi connectivity index (χ2n) is 5.24. The normalized spacial score (nSPS) is 51.6. The molecule has 0 N–H and O–H groups in total. The molecule has 0 aromatic rings. The van der Waals surface area contributed by atoms with Crippen molar-refractivity contribution in [2.45, 2.75) is 30.6 Å². The number of aldehydes is 4. The zero-order valence-electron chi connectivity index (χ0n) is 9.82. The molecule has 6 nitrogen and oxygen atoms in total. The van der Waals surface area contributed by atoms with E-state index in [0.717, 1.165) is 25.1 Å². The Kier molecular flexibility index (Phi) is 2.30. The van der Waals surface area contributed by atoms with Gasteiger partial charge in [-0.15, -0.1) is 0 Å². The second kappa shape index (κ2) is 3.55. The summed E-state index contributed by atoms with van der Waals surface area (Å²) >= 11 is 0. The molecule has 4 atom stereocenters. The maximum absolute atomic E-state index is 11.4. The van der Waals surface area contributed by atoms with Crippen molar-refractivity contribution in [3.05, 3.63) is 0 Å². The molecule has 3 rings (SSSR count). The lowest BCUT2D eigenvalue weighted by Gasteiger charge is -2.36. The van der Waals surface area contributed by atoms with Gasteiger partial charge in [0.05, 0.1) is 5.41 Å². The zero-order chi connectivity index (χ0) is 13.0. The Labute approximate surface area is 104 Å². The Morgan fingerprint density at radius 1 is 0.889 bits per heavy atom. The summed E-state index contributed by atoms with van der Waals surface area (Å²) in [5.74, 6) is 0. The third kappa shape index (κ3) is 1.01. The fraction of sp³-hybridized carbons (Fsp3) is 0.667. The monoisotopic (exact) mass is 250 g/mol. The van der Waals surface area contributed by atoms with Gasteiger partial charge < -0.3 is 14.4 Å². The van der Waals surface area contributed by atoms with Crippen molar-refractivity contribution in [2.75, 3.05) is 13.1 Å². The molecule has 2 bridgehead atoms. The fourth-order valence-electron chi connectivity index (χ4n) is 3.98. The van der Waals surface area contributed by atoms with Crippen LogP contribution in [-0.4, -0.2) is 65.8 Å². The number of hydrogen-bond donors (Lipinski definition) is 0. The number of hydrogen-bond acceptors (Lipinski definition) is 6. The van der Waals surface area contributed by atoms with Crippen molar-refractivity contribution in [3.63, 3.8) is 0 Å².